The molecule has 7 N–H and O–H groups in total. The first kappa shape index (κ1) is 56.9. The maximum absolute atomic E-state index is 14.5. The Morgan fingerprint density at radius 2 is 1.70 bits per heavy atom. The minimum atomic E-state index is -1.93. The number of cyclic esters (lactones) is 1. The fourth-order valence-corrected chi connectivity index (χ4v) is 10.5. The smallest absolute Gasteiger partial charge is 0.311 e. The highest BCUT2D eigenvalue weighted by atomic mass is 32.1. The normalized spacial score (nSPS) is 40.9. The zero-order valence-corrected chi connectivity index (χ0v) is 42.6. The van der Waals surface area contributed by atoms with Crippen molar-refractivity contribution in [2.45, 2.75) is 192 Å². The second kappa shape index (κ2) is 23.9. The van der Waals surface area contributed by atoms with E-state index in [0.29, 0.717) is 38.2 Å². The van der Waals surface area contributed by atoms with Crippen LogP contribution in [0.3, 0.4) is 0 Å². The molecule has 0 bridgehead atoms. The number of ether oxygens (including phenoxy) is 6. The van der Waals surface area contributed by atoms with Crippen LogP contribution in [0.15, 0.2) is 24.3 Å². The molecule has 3 saturated heterocycles. The van der Waals surface area contributed by atoms with Crippen molar-refractivity contribution in [3.05, 3.63) is 34.4 Å². The lowest BCUT2D eigenvalue weighted by Crippen LogP contribution is -2.60. The van der Waals surface area contributed by atoms with Gasteiger partial charge in [-0.1, -0.05) is 26.8 Å². The number of carbonyl (C=O) groups is 1. The van der Waals surface area contributed by atoms with Crippen LogP contribution >= 0.6 is 12.2 Å². The van der Waals surface area contributed by atoms with Crippen LogP contribution in [-0.4, -0.2) is 182 Å². The number of nitro groups is 1. The number of aliphatic hydroxyl groups excluding tert-OH is 3. The van der Waals surface area contributed by atoms with E-state index in [-0.39, 0.29) is 48.1 Å². The molecule has 19 nitrogen and oxygen atoms in total. The van der Waals surface area contributed by atoms with E-state index in [4.69, 9.17) is 40.6 Å². The van der Waals surface area contributed by atoms with E-state index < -0.39 is 101 Å². The number of anilines is 1. The van der Waals surface area contributed by atoms with E-state index in [2.05, 4.69) is 10.6 Å². The molecule has 0 amide bonds. The molecule has 18 atom stereocenters. The number of carbonyl (C=O) groups excluding carboxylic acids is 1. The van der Waals surface area contributed by atoms with Crippen molar-refractivity contribution in [1.82, 2.24) is 15.1 Å². The van der Waals surface area contributed by atoms with Gasteiger partial charge in [0.1, 0.15) is 30.0 Å². The summed E-state index contributed by atoms with van der Waals surface area (Å²) in [4.78, 5) is 29.3. The van der Waals surface area contributed by atoms with Crippen molar-refractivity contribution in [1.29, 1.82) is 0 Å². The van der Waals surface area contributed by atoms with Gasteiger partial charge < -0.3 is 69.5 Å². The largest absolute Gasteiger partial charge is 0.459 e. The molecule has 0 saturated carbocycles. The summed E-state index contributed by atoms with van der Waals surface area (Å²) in [5.74, 6) is -2.93. The van der Waals surface area contributed by atoms with Gasteiger partial charge in [0, 0.05) is 69.0 Å². The molecule has 0 aliphatic carbocycles. The molecule has 3 aliphatic rings. The van der Waals surface area contributed by atoms with Crippen LogP contribution in [0.1, 0.15) is 101 Å². The lowest BCUT2D eigenvalue weighted by atomic mass is 9.77. The van der Waals surface area contributed by atoms with Crippen molar-refractivity contribution < 1.29 is 63.7 Å². The Kier molecular flexibility index (Phi) is 20.3. The first-order chi connectivity index (χ1) is 31.2. The van der Waals surface area contributed by atoms with Crippen molar-refractivity contribution in [2.75, 3.05) is 46.2 Å². The van der Waals surface area contributed by atoms with Gasteiger partial charge in [0.05, 0.1) is 46.5 Å². The summed E-state index contributed by atoms with van der Waals surface area (Å²) in [5.41, 5.74) is -4.30. The minimum Gasteiger partial charge on any atom is -0.459 e. The van der Waals surface area contributed by atoms with E-state index >= 15 is 0 Å². The highest BCUT2D eigenvalue weighted by molar-refractivity contribution is 7.80. The number of non-ortho nitro benzene ring substituents is 1. The van der Waals surface area contributed by atoms with Crippen LogP contribution < -0.4 is 10.6 Å². The fourth-order valence-electron chi connectivity index (χ4n) is 10.3. The summed E-state index contributed by atoms with van der Waals surface area (Å²) in [6.07, 6.45) is -8.67. The Morgan fingerprint density at radius 1 is 1.03 bits per heavy atom. The molecule has 3 fully saturated rings. The Bertz CT molecular complexity index is 1780. The fraction of sp³-hybridized carbons (Fsp3) is 0.830. The number of thiocarbonyl (C=S) groups is 1. The molecule has 20 heteroatoms. The monoisotopic (exact) mass is 972 g/mol. The van der Waals surface area contributed by atoms with E-state index in [1.807, 2.05) is 37.7 Å². The van der Waals surface area contributed by atoms with Crippen LogP contribution in [0, 0.1) is 27.9 Å². The molecule has 1 aromatic rings. The van der Waals surface area contributed by atoms with Crippen molar-refractivity contribution >= 4 is 34.7 Å². The maximum atomic E-state index is 14.5. The number of aliphatic hydroxyl groups is 5. The van der Waals surface area contributed by atoms with E-state index in [0.717, 1.165) is 0 Å². The Morgan fingerprint density at radius 3 is 2.31 bits per heavy atom. The highest BCUT2D eigenvalue weighted by Crippen LogP contribution is 2.40. The molecule has 3 aliphatic heterocycles. The van der Waals surface area contributed by atoms with Gasteiger partial charge in [0.25, 0.3) is 5.69 Å². The summed E-state index contributed by atoms with van der Waals surface area (Å²) < 4.78 is 38.0. The van der Waals surface area contributed by atoms with Gasteiger partial charge in [-0.25, -0.2) is 0 Å². The predicted octanol–water partition coefficient (Wildman–Crippen LogP) is 3.56. The molecule has 384 valence electrons. The highest BCUT2D eigenvalue weighted by Gasteiger charge is 2.53. The predicted molar refractivity (Wildman–Crippen MR) is 255 cm³/mol. The number of nitro benzene ring substituents is 1. The summed E-state index contributed by atoms with van der Waals surface area (Å²) in [6.45, 7) is 18.5. The number of rotatable bonds is 13. The van der Waals surface area contributed by atoms with Crippen LogP contribution in [-0.2, 0) is 33.2 Å². The zero-order valence-electron chi connectivity index (χ0n) is 41.8. The average Bonchev–Trinajstić information content (AvgIpc) is 3.25. The molecule has 0 unspecified atom stereocenters. The third-order valence-corrected chi connectivity index (χ3v) is 14.5. The summed E-state index contributed by atoms with van der Waals surface area (Å²) in [7, 11) is 5.23. The summed E-state index contributed by atoms with van der Waals surface area (Å²) in [6, 6.07) is 4.97. The zero-order chi connectivity index (χ0) is 50.3. The van der Waals surface area contributed by atoms with Gasteiger partial charge in [-0.15, -0.1) is 0 Å². The van der Waals surface area contributed by atoms with Crippen LogP contribution in [0.4, 0.5) is 11.4 Å². The van der Waals surface area contributed by atoms with E-state index in [9.17, 15) is 40.4 Å². The van der Waals surface area contributed by atoms with Crippen LogP contribution in [0.5, 0.6) is 0 Å². The Balaban J connectivity index is 1.73. The topological polar surface area (TPSA) is 247 Å². The molecule has 67 heavy (non-hydrogen) atoms. The summed E-state index contributed by atoms with van der Waals surface area (Å²) in [5, 5.41) is 77.5. The number of benzene rings is 1. The van der Waals surface area contributed by atoms with E-state index in [1.54, 1.807) is 60.6 Å². The van der Waals surface area contributed by atoms with Gasteiger partial charge in [-0.2, -0.15) is 0 Å². The molecular formula is C47H81N5O14S. The quantitative estimate of drug-likeness (QED) is 0.0491. The Labute approximate surface area is 402 Å². The lowest BCUT2D eigenvalue weighted by Gasteiger charge is -2.48. The van der Waals surface area contributed by atoms with Crippen LogP contribution in [0.25, 0.3) is 0 Å². The Hall–Kier alpha value is -2.70. The first-order valence-corrected chi connectivity index (χ1v) is 24.1. The molecule has 4 rings (SSSR count). The number of nitrogens with one attached hydrogen (secondary N) is 2. The summed E-state index contributed by atoms with van der Waals surface area (Å²) >= 11 is 5.48. The molecule has 0 aromatic heterocycles. The maximum Gasteiger partial charge on any atom is 0.311 e. The van der Waals surface area contributed by atoms with Crippen molar-refractivity contribution in [3.8, 4) is 0 Å². The van der Waals surface area contributed by atoms with Crippen molar-refractivity contribution in [3.63, 3.8) is 0 Å². The third kappa shape index (κ3) is 14.2. The molecule has 3 heterocycles. The van der Waals surface area contributed by atoms with Gasteiger partial charge in [-0.05, 0) is 112 Å². The number of hydrogen-bond acceptors (Lipinski definition) is 17. The molecule has 0 spiro atoms. The number of nitrogens with zero attached hydrogens (tertiary/aromatic N) is 3. The second-order valence-electron chi connectivity index (χ2n) is 20.3. The molecule has 0 radical (unpaired) electrons. The van der Waals surface area contributed by atoms with Gasteiger partial charge >= 0.3 is 5.97 Å². The first-order valence-electron chi connectivity index (χ1n) is 23.7. The lowest BCUT2D eigenvalue weighted by molar-refractivity contribution is -0.384. The van der Waals surface area contributed by atoms with E-state index in [1.165, 1.54) is 26.2 Å². The number of likely N-dealkylation sites (N-methyl/N-ethyl adjacent to an activating group) is 1. The average molecular weight is 972 g/mol. The van der Waals surface area contributed by atoms with Crippen LogP contribution in [0.2, 0.25) is 0 Å². The van der Waals surface area contributed by atoms with Gasteiger partial charge in [-0.3, -0.25) is 19.8 Å². The standard InChI is InChI=1S/C47H81N5O14S/c1-14-35-47(10,58)39(54)30(6)51(20-16-19-48-44(67)49-32-17-15-18-33(22-32)52(59)60)25-26(2)23-45(8,57)41(66-43-37(53)34(50(11)12)21-27(3)62-43)28(4)38(29(5)42(56)64-35)65-36-24-46(9,61-13)40(55)31(7)63-36/h15,17-18,22,26-31,34-41,43,53-55,57-58H,14,16,19-21,23-25H2,1-13H3,(H2,48,49,67)/t26-,27-,28+,29-,30-,31+,34+,35-,36+,37-,38+,39-,40+,41-,43+,45-,46-,47-/m1/s1. The third-order valence-electron chi connectivity index (χ3n) is 14.3. The molecular weight excluding hydrogens is 891 g/mol. The second-order valence-corrected chi connectivity index (χ2v) is 20.7. The number of hydrogen-bond donors (Lipinski definition) is 7. The van der Waals surface area contributed by atoms with Gasteiger partial charge in [0.2, 0.25) is 0 Å². The van der Waals surface area contributed by atoms with Gasteiger partial charge in [0.15, 0.2) is 17.7 Å². The van der Waals surface area contributed by atoms with Crippen molar-refractivity contribution in [2.24, 2.45) is 17.8 Å². The molecule has 1 aromatic carbocycles. The number of esters is 1. The minimum absolute atomic E-state index is 0.0792. The SMILES string of the molecule is CC[C@H]1OC(=O)[C@H](C)[C@@H](O[C@H]2C[C@@](C)(OC)[C@@H](O)[C@H](C)O2)[C@H](C)[C@@H](O[C@@H]2O[C@H](C)C[C@H](N(C)C)[C@H]2O)[C@](C)(O)C[C@@H](C)CN(CCCNC(=S)Nc2cccc([N+](=O)[O-])c2)[C@H](C)[C@@H](O)[C@]1(C)O. The number of methoxy groups -OCH3 is 1.